The van der Waals surface area contributed by atoms with Crippen molar-refractivity contribution in [2.75, 3.05) is 53.0 Å². The smallest absolute Gasteiger partial charge is 0.0531 e. The zero-order valence-electron chi connectivity index (χ0n) is 13.2. The summed E-state index contributed by atoms with van der Waals surface area (Å²) >= 11 is 0. The molecule has 3 saturated heterocycles. The molecule has 3 aliphatic rings. The number of fused-ring (bicyclic) bond motifs is 1. The molecule has 0 aromatic carbocycles. The second kappa shape index (κ2) is 6.30. The average molecular weight is 281 g/mol. The molecule has 1 N–H and O–H groups in total. The summed E-state index contributed by atoms with van der Waals surface area (Å²) in [6, 6.07) is 1.53. The minimum absolute atomic E-state index is 0.384. The third kappa shape index (κ3) is 3.03. The fourth-order valence-corrected chi connectivity index (χ4v) is 4.51. The maximum Gasteiger partial charge on any atom is 0.0531 e. The summed E-state index contributed by atoms with van der Waals surface area (Å²) in [7, 11) is 1.86. The summed E-state index contributed by atoms with van der Waals surface area (Å²) in [5.41, 5.74) is 0.384. The molecule has 0 aromatic rings. The lowest BCUT2D eigenvalue weighted by molar-refractivity contribution is -0.0180. The Morgan fingerprint density at radius 3 is 2.80 bits per heavy atom. The summed E-state index contributed by atoms with van der Waals surface area (Å²) < 4.78 is 5.58. The van der Waals surface area contributed by atoms with Crippen LogP contribution in [0.3, 0.4) is 0 Å². The molecule has 2 atom stereocenters. The molecule has 3 aliphatic heterocycles. The topological polar surface area (TPSA) is 27.7 Å². The molecule has 0 radical (unpaired) electrons. The van der Waals surface area contributed by atoms with Gasteiger partial charge in [-0.05, 0) is 52.2 Å². The maximum atomic E-state index is 5.58. The van der Waals surface area contributed by atoms with Crippen LogP contribution < -0.4 is 5.32 Å². The van der Waals surface area contributed by atoms with Crippen LogP contribution in [0.25, 0.3) is 0 Å². The van der Waals surface area contributed by atoms with Crippen LogP contribution in [0.15, 0.2) is 0 Å². The number of hydrogen-bond donors (Lipinski definition) is 1. The van der Waals surface area contributed by atoms with Crippen molar-refractivity contribution in [3.8, 4) is 0 Å². The van der Waals surface area contributed by atoms with Gasteiger partial charge < -0.3 is 10.1 Å². The van der Waals surface area contributed by atoms with Gasteiger partial charge in [0.15, 0.2) is 0 Å². The van der Waals surface area contributed by atoms with Crippen molar-refractivity contribution in [2.45, 2.75) is 44.7 Å². The van der Waals surface area contributed by atoms with Gasteiger partial charge in [-0.25, -0.2) is 0 Å². The predicted octanol–water partition coefficient (Wildman–Crippen LogP) is 1.17. The van der Waals surface area contributed by atoms with Gasteiger partial charge >= 0.3 is 0 Å². The normalized spacial score (nSPS) is 35.1. The van der Waals surface area contributed by atoms with E-state index in [1.165, 1.54) is 51.9 Å². The SMILES string of the molecule is COCC1(CN2CC3CCCN3CC2C)CCNCC1. The molecule has 0 amide bonds. The predicted molar refractivity (Wildman–Crippen MR) is 82.0 cm³/mol. The summed E-state index contributed by atoms with van der Waals surface area (Å²) in [4.78, 5) is 5.48. The summed E-state index contributed by atoms with van der Waals surface area (Å²) in [5, 5.41) is 3.50. The first-order valence-electron chi connectivity index (χ1n) is 8.40. The Morgan fingerprint density at radius 1 is 1.25 bits per heavy atom. The number of piperidine rings is 1. The molecular weight excluding hydrogens is 250 g/mol. The Balaban J connectivity index is 1.64. The van der Waals surface area contributed by atoms with E-state index in [0.717, 1.165) is 25.7 Å². The minimum atomic E-state index is 0.384. The van der Waals surface area contributed by atoms with Gasteiger partial charge in [0.2, 0.25) is 0 Å². The fourth-order valence-electron chi connectivity index (χ4n) is 4.51. The Morgan fingerprint density at radius 2 is 2.05 bits per heavy atom. The Kier molecular flexibility index (Phi) is 4.65. The quantitative estimate of drug-likeness (QED) is 0.837. The standard InChI is InChI=1S/C16H31N3O/c1-14-10-18-9-3-4-15(18)11-19(14)12-16(13-20-2)5-7-17-8-6-16/h14-15,17H,3-13H2,1-2H3. The first kappa shape index (κ1) is 14.8. The molecule has 0 aromatic heterocycles. The Hall–Kier alpha value is -0.160. The van der Waals surface area contributed by atoms with Gasteiger partial charge in [0.1, 0.15) is 0 Å². The number of nitrogens with zero attached hydrogens (tertiary/aromatic N) is 2. The summed E-state index contributed by atoms with van der Waals surface area (Å²) in [6.45, 7) is 10.8. The summed E-state index contributed by atoms with van der Waals surface area (Å²) in [5.74, 6) is 0. The number of nitrogens with one attached hydrogen (secondary N) is 1. The lowest BCUT2D eigenvalue weighted by atomic mass is 9.78. The Labute approximate surface area is 123 Å². The number of piperazine rings is 1. The van der Waals surface area contributed by atoms with Gasteiger partial charge in [-0.15, -0.1) is 0 Å². The molecule has 0 aliphatic carbocycles. The number of ether oxygens (including phenoxy) is 1. The van der Waals surface area contributed by atoms with E-state index in [2.05, 4.69) is 22.0 Å². The molecule has 3 fully saturated rings. The second-order valence-corrected chi connectivity index (χ2v) is 7.25. The van der Waals surface area contributed by atoms with Gasteiger partial charge in [-0.2, -0.15) is 0 Å². The molecule has 0 bridgehead atoms. The van der Waals surface area contributed by atoms with Crippen molar-refractivity contribution in [3.63, 3.8) is 0 Å². The van der Waals surface area contributed by atoms with Crippen LogP contribution in [0.5, 0.6) is 0 Å². The highest BCUT2D eigenvalue weighted by Crippen LogP contribution is 2.33. The number of methoxy groups -OCH3 is 1. The van der Waals surface area contributed by atoms with Crippen molar-refractivity contribution in [1.29, 1.82) is 0 Å². The van der Waals surface area contributed by atoms with Gasteiger partial charge in [-0.1, -0.05) is 0 Å². The van der Waals surface area contributed by atoms with Crippen LogP contribution in [-0.4, -0.2) is 74.9 Å². The average Bonchev–Trinajstić information content (AvgIpc) is 2.87. The molecule has 3 rings (SSSR count). The van der Waals surface area contributed by atoms with Crippen molar-refractivity contribution in [3.05, 3.63) is 0 Å². The van der Waals surface area contributed by atoms with Crippen molar-refractivity contribution >= 4 is 0 Å². The van der Waals surface area contributed by atoms with Gasteiger partial charge in [0, 0.05) is 44.2 Å². The molecule has 20 heavy (non-hydrogen) atoms. The van der Waals surface area contributed by atoms with E-state index in [4.69, 9.17) is 4.74 Å². The largest absolute Gasteiger partial charge is 0.384 e. The van der Waals surface area contributed by atoms with E-state index in [-0.39, 0.29) is 0 Å². The van der Waals surface area contributed by atoms with E-state index in [1.54, 1.807) is 0 Å². The Bertz CT molecular complexity index is 311. The van der Waals surface area contributed by atoms with E-state index in [9.17, 15) is 0 Å². The summed E-state index contributed by atoms with van der Waals surface area (Å²) in [6.07, 6.45) is 5.33. The van der Waals surface area contributed by atoms with Gasteiger partial charge in [0.05, 0.1) is 6.61 Å². The van der Waals surface area contributed by atoms with Gasteiger partial charge in [0.25, 0.3) is 0 Å². The molecule has 2 unspecified atom stereocenters. The molecular formula is C16H31N3O. The van der Waals surface area contributed by atoms with Crippen molar-refractivity contribution in [2.24, 2.45) is 5.41 Å². The van der Waals surface area contributed by atoms with Gasteiger partial charge in [-0.3, -0.25) is 9.80 Å². The highest BCUT2D eigenvalue weighted by atomic mass is 16.5. The van der Waals surface area contributed by atoms with E-state index < -0.39 is 0 Å². The van der Waals surface area contributed by atoms with Crippen LogP contribution >= 0.6 is 0 Å². The molecule has 4 heteroatoms. The van der Waals surface area contributed by atoms with Crippen LogP contribution in [0.4, 0.5) is 0 Å². The molecule has 116 valence electrons. The van der Waals surface area contributed by atoms with Crippen LogP contribution in [0.1, 0.15) is 32.6 Å². The van der Waals surface area contributed by atoms with E-state index in [1.807, 2.05) is 7.11 Å². The molecule has 4 nitrogen and oxygen atoms in total. The number of hydrogen-bond acceptors (Lipinski definition) is 4. The van der Waals surface area contributed by atoms with Crippen LogP contribution in [0, 0.1) is 5.41 Å². The number of rotatable bonds is 4. The first-order valence-corrected chi connectivity index (χ1v) is 8.40. The molecule has 0 saturated carbocycles. The first-order chi connectivity index (χ1) is 9.72. The zero-order chi connectivity index (χ0) is 14.0. The maximum absolute atomic E-state index is 5.58. The van der Waals surface area contributed by atoms with Crippen molar-refractivity contribution < 1.29 is 4.74 Å². The zero-order valence-corrected chi connectivity index (χ0v) is 13.2. The van der Waals surface area contributed by atoms with Crippen LogP contribution in [-0.2, 0) is 4.74 Å². The third-order valence-corrected chi connectivity index (χ3v) is 5.72. The highest BCUT2D eigenvalue weighted by Gasteiger charge is 2.40. The fraction of sp³-hybridized carbons (Fsp3) is 1.00. The van der Waals surface area contributed by atoms with Crippen LogP contribution in [0.2, 0.25) is 0 Å². The lowest BCUT2D eigenvalue weighted by Gasteiger charge is -2.48. The molecule has 3 heterocycles. The lowest BCUT2D eigenvalue weighted by Crippen LogP contribution is -2.58. The van der Waals surface area contributed by atoms with E-state index >= 15 is 0 Å². The van der Waals surface area contributed by atoms with E-state index in [0.29, 0.717) is 11.5 Å². The minimum Gasteiger partial charge on any atom is -0.384 e. The third-order valence-electron chi connectivity index (χ3n) is 5.72. The highest BCUT2D eigenvalue weighted by molar-refractivity contribution is 4.95. The molecule has 0 spiro atoms. The van der Waals surface area contributed by atoms with Crippen molar-refractivity contribution in [1.82, 2.24) is 15.1 Å². The monoisotopic (exact) mass is 281 g/mol. The second-order valence-electron chi connectivity index (χ2n) is 7.25.